The lowest BCUT2D eigenvalue weighted by Gasteiger charge is -2.06. The summed E-state index contributed by atoms with van der Waals surface area (Å²) >= 11 is 12.2. The number of hydrogen-bond donors (Lipinski definition) is 2. The van der Waals surface area contributed by atoms with Crippen LogP contribution in [0, 0.1) is 0 Å². The highest BCUT2D eigenvalue weighted by atomic mass is 35.5. The van der Waals surface area contributed by atoms with Gasteiger partial charge in [-0.2, -0.15) is 5.10 Å². The molecule has 2 heterocycles. The average Bonchev–Trinajstić information content (AvgIpc) is 3.05. The van der Waals surface area contributed by atoms with Gasteiger partial charge in [-0.1, -0.05) is 29.3 Å². The van der Waals surface area contributed by atoms with Crippen molar-refractivity contribution < 1.29 is 18.7 Å². The van der Waals surface area contributed by atoms with E-state index in [1.54, 1.807) is 43.3 Å². The van der Waals surface area contributed by atoms with E-state index in [-0.39, 0.29) is 34.5 Å². The molecule has 1 amide bonds. The molecule has 2 N–H and O–H groups in total. The number of carbonyl (C=O) groups is 2. The first-order valence-corrected chi connectivity index (χ1v) is 9.51. The summed E-state index contributed by atoms with van der Waals surface area (Å²) in [4.78, 5) is 28.3. The molecule has 3 aromatic rings. The Morgan fingerprint density at radius 3 is 2.63 bits per heavy atom. The van der Waals surface area contributed by atoms with Gasteiger partial charge in [0, 0.05) is 16.9 Å². The number of amides is 1. The van der Waals surface area contributed by atoms with E-state index in [0.717, 1.165) is 0 Å². The van der Waals surface area contributed by atoms with Crippen molar-refractivity contribution in [2.24, 2.45) is 5.10 Å². The maximum atomic E-state index is 12.4. The zero-order chi connectivity index (χ0) is 21.5. The molecule has 0 atom stereocenters. The molecular formula is C20H16Cl2N4O4. The van der Waals surface area contributed by atoms with Gasteiger partial charge >= 0.3 is 5.97 Å². The van der Waals surface area contributed by atoms with Crippen LogP contribution in [0.5, 0.6) is 0 Å². The number of hydrazone groups is 1. The molecule has 2 aromatic heterocycles. The molecule has 30 heavy (non-hydrogen) atoms. The number of rotatable bonds is 7. The molecule has 10 heteroatoms. The second-order valence-corrected chi connectivity index (χ2v) is 6.57. The Labute approximate surface area is 181 Å². The van der Waals surface area contributed by atoms with E-state index in [1.165, 1.54) is 18.5 Å². The number of benzene rings is 1. The van der Waals surface area contributed by atoms with Crippen LogP contribution in [0.1, 0.15) is 33.5 Å². The Kier molecular flexibility index (Phi) is 7.05. The number of ether oxygens (including phenoxy) is 1. The maximum absolute atomic E-state index is 12.4. The number of halogens is 2. The largest absolute Gasteiger partial charge is 0.462 e. The lowest BCUT2D eigenvalue weighted by molar-refractivity contribution is 0.0527. The maximum Gasteiger partial charge on any atom is 0.345 e. The topological polar surface area (TPSA) is 106 Å². The summed E-state index contributed by atoms with van der Waals surface area (Å²) in [6, 6.07) is 11.7. The number of nitrogens with zero attached hydrogens (tertiary/aromatic N) is 2. The Bertz CT molecular complexity index is 1070. The molecule has 0 saturated carbocycles. The summed E-state index contributed by atoms with van der Waals surface area (Å²) in [5, 5.41) is 7.32. The quantitative estimate of drug-likeness (QED) is 0.310. The van der Waals surface area contributed by atoms with E-state index in [2.05, 4.69) is 20.8 Å². The number of furan rings is 1. The predicted octanol–water partition coefficient (Wildman–Crippen LogP) is 4.67. The molecule has 8 nitrogen and oxygen atoms in total. The van der Waals surface area contributed by atoms with E-state index in [1.807, 2.05) is 0 Å². The van der Waals surface area contributed by atoms with Crippen molar-refractivity contribution in [2.75, 3.05) is 11.9 Å². The molecule has 154 valence electrons. The standard InChI is InChI=1S/C20H16Cl2N4O4/c1-2-29-20(28)16-17(22)15(11-24-26-18(27)14-5-3-4-10-23-14)30-19(16)25-13-8-6-12(21)7-9-13/h3-11,25H,2H2,1H3,(H,26,27)/b24-11-. The Morgan fingerprint density at radius 1 is 1.20 bits per heavy atom. The third kappa shape index (κ3) is 5.16. The molecule has 0 bridgehead atoms. The zero-order valence-corrected chi connectivity index (χ0v) is 17.2. The summed E-state index contributed by atoms with van der Waals surface area (Å²) < 4.78 is 10.7. The third-order valence-electron chi connectivity index (χ3n) is 3.70. The van der Waals surface area contributed by atoms with Crippen LogP contribution in [0.2, 0.25) is 10.0 Å². The summed E-state index contributed by atoms with van der Waals surface area (Å²) in [6.07, 6.45) is 2.67. The number of nitrogens with one attached hydrogen (secondary N) is 2. The van der Waals surface area contributed by atoms with Gasteiger partial charge in [0.15, 0.2) is 5.76 Å². The molecule has 0 saturated heterocycles. The summed E-state index contributed by atoms with van der Waals surface area (Å²) in [5.41, 5.74) is 3.12. The van der Waals surface area contributed by atoms with Gasteiger partial charge in [0.2, 0.25) is 5.88 Å². The minimum Gasteiger partial charge on any atom is -0.462 e. The van der Waals surface area contributed by atoms with Crippen molar-refractivity contribution in [1.82, 2.24) is 10.4 Å². The van der Waals surface area contributed by atoms with Gasteiger partial charge < -0.3 is 14.5 Å². The third-order valence-corrected chi connectivity index (χ3v) is 4.33. The van der Waals surface area contributed by atoms with Gasteiger partial charge in [-0.05, 0) is 43.3 Å². The normalized spacial score (nSPS) is 10.8. The molecule has 0 aliphatic heterocycles. The van der Waals surface area contributed by atoms with Gasteiger partial charge in [0.25, 0.3) is 5.91 Å². The number of carbonyl (C=O) groups excluding carboxylic acids is 2. The molecule has 0 spiro atoms. The second kappa shape index (κ2) is 9.91. The zero-order valence-electron chi connectivity index (χ0n) is 15.7. The molecule has 0 aliphatic carbocycles. The molecule has 0 radical (unpaired) electrons. The van der Waals surface area contributed by atoms with E-state index in [4.69, 9.17) is 32.4 Å². The van der Waals surface area contributed by atoms with Gasteiger partial charge in [-0.15, -0.1) is 0 Å². The Morgan fingerprint density at radius 2 is 1.97 bits per heavy atom. The van der Waals surface area contributed by atoms with Crippen LogP contribution < -0.4 is 10.7 Å². The molecule has 0 aliphatic rings. The minimum atomic E-state index is -0.667. The van der Waals surface area contributed by atoms with Crippen LogP contribution in [0.25, 0.3) is 0 Å². The van der Waals surface area contributed by atoms with E-state index >= 15 is 0 Å². The lowest BCUT2D eigenvalue weighted by Crippen LogP contribution is -2.18. The van der Waals surface area contributed by atoms with Gasteiger partial charge in [-0.25, -0.2) is 10.2 Å². The fourth-order valence-electron chi connectivity index (χ4n) is 2.35. The number of pyridine rings is 1. The highest BCUT2D eigenvalue weighted by Gasteiger charge is 2.25. The summed E-state index contributed by atoms with van der Waals surface area (Å²) in [6.45, 7) is 1.83. The highest BCUT2D eigenvalue weighted by Crippen LogP contribution is 2.34. The average molecular weight is 447 g/mol. The minimum absolute atomic E-state index is 0.00553. The number of hydrogen-bond acceptors (Lipinski definition) is 7. The molecule has 3 rings (SSSR count). The van der Waals surface area contributed by atoms with Crippen molar-refractivity contribution in [3.63, 3.8) is 0 Å². The predicted molar refractivity (Wildman–Crippen MR) is 114 cm³/mol. The number of anilines is 2. The van der Waals surface area contributed by atoms with E-state index < -0.39 is 11.9 Å². The molecular weight excluding hydrogens is 431 g/mol. The van der Waals surface area contributed by atoms with Crippen LogP contribution in [-0.4, -0.2) is 29.7 Å². The fourth-order valence-corrected chi connectivity index (χ4v) is 2.73. The Balaban J connectivity index is 1.84. The van der Waals surface area contributed by atoms with Crippen LogP contribution in [0.15, 0.2) is 58.2 Å². The van der Waals surface area contributed by atoms with Crippen LogP contribution >= 0.6 is 23.2 Å². The van der Waals surface area contributed by atoms with Gasteiger partial charge in [-0.3, -0.25) is 9.78 Å². The van der Waals surface area contributed by atoms with Crippen molar-refractivity contribution >= 4 is 52.9 Å². The Hall–Kier alpha value is -3.36. The highest BCUT2D eigenvalue weighted by molar-refractivity contribution is 6.36. The van der Waals surface area contributed by atoms with Gasteiger partial charge in [0.1, 0.15) is 16.3 Å². The van der Waals surface area contributed by atoms with Crippen molar-refractivity contribution in [3.8, 4) is 0 Å². The van der Waals surface area contributed by atoms with Crippen molar-refractivity contribution in [1.29, 1.82) is 0 Å². The first-order valence-electron chi connectivity index (χ1n) is 8.76. The smallest absolute Gasteiger partial charge is 0.345 e. The fraction of sp³-hybridized carbons (Fsp3) is 0.100. The van der Waals surface area contributed by atoms with Crippen LogP contribution in [0.4, 0.5) is 11.6 Å². The SMILES string of the molecule is CCOC(=O)c1c(Nc2ccc(Cl)cc2)oc(/C=N\NC(=O)c2ccccn2)c1Cl. The van der Waals surface area contributed by atoms with Crippen LogP contribution in [-0.2, 0) is 4.74 Å². The lowest BCUT2D eigenvalue weighted by atomic mass is 10.2. The summed E-state index contributed by atoms with van der Waals surface area (Å²) in [7, 11) is 0. The molecule has 1 aromatic carbocycles. The summed E-state index contributed by atoms with van der Waals surface area (Å²) in [5.74, 6) is -1.06. The second-order valence-electron chi connectivity index (χ2n) is 5.75. The van der Waals surface area contributed by atoms with Crippen LogP contribution in [0.3, 0.4) is 0 Å². The molecule has 0 fully saturated rings. The van der Waals surface area contributed by atoms with E-state index in [9.17, 15) is 9.59 Å². The molecule has 0 unspecified atom stereocenters. The monoisotopic (exact) mass is 446 g/mol. The number of aromatic nitrogens is 1. The van der Waals surface area contributed by atoms with Crippen molar-refractivity contribution in [2.45, 2.75) is 6.92 Å². The number of esters is 1. The van der Waals surface area contributed by atoms with E-state index in [0.29, 0.717) is 10.7 Å². The first kappa shape index (κ1) is 21.4. The van der Waals surface area contributed by atoms with Crippen molar-refractivity contribution in [3.05, 3.63) is 75.7 Å². The first-order chi connectivity index (χ1) is 14.5. The van der Waals surface area contributed by atoms with Gasteiger partial charge in [0.05, 0.1) is 12.8 Å².